The highest BCUT2D eigenvalue weighted by atomic mass is 19.1. The van der Waals surface area contributed by atoms with Crippen LogP contribution in [0.4, 0.5) is 4.39 Å². The molecule has 1 heterocycles. The van der Waals surface area contributed by atoms with Crippen LogP contribution in [0.5, 0.6) is 0 Å². The Labute approximate surface area is 123 Å². The number of nitrogens with one attached hydrogen (secondary N) is 1. The summed E-state index contributed by atoms with van der Waals surface area (Å²) in [5.74, 6) is -0.223. The second kappa shape index (κ2) is 6.37. The quantitative estimate of drug-likeness (QED) is 0.886. The van der Waals surface area contributed by atoms with Crippen molar-refractivity contribution < 1.29 is 9.50 Å². The molecule has 0 saturated heterocycles. The molecular formula is C16H20FN3O. The van der Waals surface area contributed by atoms with Crippen LogP contribution in [0.15, 0.2) is 36.7 Å². The molecule has 1 aliphatic rings. The third-order valence-corrected chi connectivity index (χ3v) is 3.99. The normalized spacial score (nSPS) is 21.8. The van der Waals surface area contributed by atoms with Crippen LogP contribution < -0.4 is 5.32 Å². The highest BCUT2D eigenvalue weighted by molar-refractivity contribution is 5.16. The predicted octanol–water partition coefficient (Wildman–Crippen LogP) is 2.07. The minimum atomic E-state index is -0.223. The van der Waals surface area contributed by atoms with Crippen LogP contribution in [-0.4, -0.2) is 27.0 Å². The van der Waals surface area contributed by atoms with Gasteiger partial charge in [-0.3, -0.25) is 4.68 Å². The lowest BCUT2D eigenvalue weighted by Crippen LogP contribution is -2.34. The van der Waals surface area contributed by atoms with Gasteiger partial charge in [-0.2, -0.15) is 5.10 Å². The summed E-state index contributed by atoms with van der Waals surface area (Å²) in [7, 11) is 0. The number of aliphatic hydroxyl groups is 1. The van der Waals surface area contributed by atoms with Crippen molar-refractivity contribution in [2.75, 3.05) is 0 Å². The first kappa shape index (κ1) is 14.2. The van der Waals surface area contributed by atoms with Crippen LogP contribution in [0.25, 0.3) is 0 Å². The average molecular weight is 289 g/mol. The van der Waals surface area contributed by atoms with E-state index in [1.54, 1.807) is 12.1 Å². The largest absolute Gasteiger partial charge is 0.392 e. The van der Waals surface area contributed by atoms with Gasteiger partial charge in [-0.25, -0.2) is 4.39 Å². The fourth-order valence-electron chi connectivity index (χ4n) is 2.79. The van der Waals surface area contributed by atoms with Crippen LogP contribution in [0.2, 0.25) is 0 Å². The van der Waals surface area contributed by atoms with E-state index < -0.39 is 0 Å². The molecule has 0 spiro atoms. The topological polar surface area (TPSA) is 50.1 Å². The molecule has 0 bridgehead atoms. The second-order valence-corrected chi connectivity index (χ2v) is 5.66. The first-order valence-electron chi connectivity index (χ1n) is 7.38. The monoisotopic (exact) mass is 289 g/mol. The minimum absolute atomic E-state index is 0.199. The standard InChI is InChI=1S/C16H20FN3O/c17-14-6-4-12(5-7-14)10-20-11-13(9-19-20)8-18-15-2-1-3-16(15)21/h4-7,9,11,15-16,18,21H,1-3,8,10H2/t15-,16+/m0/s1. The molecule has 2 atom stereocenters. The van der Waals surface area contributed by atoms with Gasteiger partial charge in [0.25, 0.3) is 0 Å². The van der Waals surface area contributed by atoms with Crippen molar-refractivity contribution in [1.29, 1.82) is 0 Å². The molecule has 1 saturated carbocycles. The van der Waals surface area contributed by atoms with Crippen molar-refractivity contribution in [3.8, 4) is 0 Å². The zero-order chi connectivity index (χ0) is 14.7. The van der Waals surface area contributed by atoms with Gasteiger partial charge in [0.05, 0.1) is 18.8 Å². The summed E-state index contributed by atoms with van der Waals surface area (Å²) in [6, 6.07) is 6.66. The Kier molecular flexibility index (Phi) is 4.31. The number of rotatable bonds is 5. The molecule has 5 heteroatoms. The second-order valence-electron chi connectivity index (χ2n) is 5.66. The number of hydrogen-bond acceptors (Lipinski definition) is 3. The van der Waals surface area contributed by atoms with Crippen LogP contribution >= 0.6 is 0 Å². The molecule has 0 unspecified atom stereocenters. The van der Waals surface area contributed by atoms with Gasteiger partial charge in [0.15, 0.2) is 0 Å². The molecule has 21 heavy (non-hydrogen) atoms. The molecule has 0 aliphatic heterocycles. The van der Waals surface area contributed by atoms with Gasteiger partial charge in [0.2, 0.25) is 0 Å². The molecule has 2 N–H and O–H groups in total. The summed E-state index contributed by atoms with van der Waals surface area (Å²) in [4.78, 5) is 0. The van der Waals surface area contributed by atoms with Crippen molar-refractivity contribution in [3.05, 3.63) is 53.6 Å². The first-order chi connectivity index (χ1) is 10.2. The lowest BCUT2D eigenvalue weighted by Gasteiger charge is -2.15. The predicted molar refractivity (Wildman–Crippen MR) is 78.2 cm³/mol. The Morgan fingerprint density at radius 3 is 2.76 bits per heavy atom. The van der Waals surface area contributed by atoms with E-state index in [0.717, 1.165) is 30.4 Å². The molecule has 1 aromatic carbocycles. The molecule has 2 aromatic rings. The minimum Gasteiger partial charge on any atom is -0.392 e. The first-order valence-corrected chi connectivity index (χ1v) is 7.38. The maximum Gasteiger partial charge on any atom is 0.123 e. The van der Waals surface area contributed by atoms with E-state index in [2.05, 4.69) is 10.4 Å². The Morgan fingerprint density at radius 2 is 2.05 bits per heavy atom. The van der Waals surface area contributed by atoms with Crippen LogP contribution in [0.3, 0.4) is 0 Å². The van der Waals surface area contributed by atoms with E-state index in [9.17, 15) is 9.50 Å². The molecule has 1 aromatic heterocycles. The highest BCUT2D eigenvalue weighted by Crippen LogP contribution is 2.19. The van der Waals surface area contributed by atoms with Crippen molar-refractivity contribution in [3.63, 3.8) is 0 Å². The average Bonchev–Trinajstić information content (AvgIpc) is 3.08. The molecule has 1 fully saturated rings. The number of aromatic nitrogens is 2. The maximum atomic E-state index is 12.9. The summed E-state index contributed by atoms with van der Waals surface area (Å²) in [5.41, 5.74) is 2.11. The third kappa shape index (κ3) is 3.68. The summed E-state index contributed by atoms with van der Waals surface area (Å²) in [6.45, 7) is 1.34. The Balaban J connectivity index is 1.54. The number of aliphatic hydroxyl groups excluding tert-OH is 1. The van der Waals surface area contributed by atoms with E-state index in [0.29, 0.717) is 13.1 Å². The molecular weight excluding hydrogens is 269 g/mol. The van der Waals surface area contributed by atoms with Gasteiger partial charge in [0, 0.05) is 24.3 Å². The summed E-state index contributed by atoms with van der Waals surface area (Å²) >= 11 is 0. The van der Waals surface area contributed by atoms with E-state index in [1.807, 2.05) is 17.1 Å². The van der Waals surface area contributed by atoms with Gasteiger partial charge in [-0.05, 0) is 37.0 Å². The third-order valence-electron chi connectivity index (χ3n) is 3.99. The van der Waals surface area contributed by atoms with E-state index in [4.69, 9.17) is 0 Å². The molecule has 112 valence electrons. The Bertz CT molecular complexity index is 581. The summed E-state index contributed by atoms with van der Waals surface area (Å²) in [5, 5.41) is 17.5. The Hall–Kier alpha value is -1.72. The summed E-state index contributed by atoms with van der Waals surface area (Å²) in [6.07, 6.45) is 6.60. The van der Waals surface area contributed by atoms with Gasteiger partial charge in [-0.1, -0.05) is 12.1 Å². The van der Waals surface area contributed by atoms with Crippen LogP contribution in [-0.2, 0) is 13.1 Å². The number of benzene rings is 1. The fraction of sp³-hybridized carbons (Fsp3) is 0.438. The zero-order valence-electron chi connectivity index (χ0n) is 11.9. The number of halogens is 1. The van der Waals surface area contributed by atoms with Crippen molar-refractivity contribution in [2.24, 2.45) is 0 Å². The van der Waals surface area contributed by atoms with E-state index in [-0.39, 0.29) is 18.0 Å². The van der Waals surface area contributed by atoms with Crippen molar-refractivity contribution >= 4 is 0 Å². The fourth-order valence-corrected chi connectivity index (χ4v) is 2.79. The van der Waals surface area contributed by atoms with Crippen molar-refractivity contribution in [1.82, 2.24) is 15.1 Å². The molecule has 3 rings (SSSR count). The SMILES string of the molecule is O[C@@H]1CCC[C@@H]1NCc1cnn(Cc2ccc(F)cc2)c1. The van der Waals surface area contributed by atoms with Gasteiger partial charge in [-0.15, -0.1) is 0 Å². The number of hydrogen-bond donors (Lipinski definition) is 2. The Morgan fingerprint density at radius 1 is 1.24 bits per heavy atom. The summed E-state index contributed by atoms with van der Waals surface area (Å²) < 4.78 is 14.7. The van der Waals surface area contributed by atoms with Crippen LogP contribution in [0, 0.1) is 5.82 Å². The molecule has 4 nitrogen and oxygen atoms in total. The lowest BCUT2D eigenvalue weighted by atomic mass is 10.2. The van der Waals surface area contributed by atoms with E-state index in [1.165, 1.54) is 12.1 Å². The van der Waals surface area contributed by atoms with Gasteiger partial charge >= 0.3 is 0 Å². The maximum absolute atomic E-state index is 12.9. The van der Waals surface area contributed by atoms with Gasteiger partial charge < -0.3 is 10.4 Å². The molecule has 1 aliphatic carbocycles. The lowest BCUT2D eigenvalue weighted by molar-refractivity contribution is 0.148. The van der Waals surface area contributed by atoms with Gasteiger partial charge in [0.1, 0.15) is 5.82 Å². The smallest absolute Gasteiger partial charge is 0.123 e. The molecule has 0 radical (unpaired) electrons. The van der Waals surface area contributed by atoms with E-state index >= 15 is 0 Å². The molecule has 0 amide bonds. The number of nitrogens with zero attached hydrogens (tertiary/aromatic N) is 2. The van der Waals surface area contributed by atoms with Crippen LogP contribution in [0.1, 0.15) is 30.4 Å². The highest BCUT2D eigenvalue weighted by Gasteiger charge is 2.24. The van der Waals surface area contributed by atoms with Crippen molar-refractivity contribution in [2.45, 2.75) is 44.5 Å². The zero-order valence-corrected chi connectivity index (χ0v) is 11.9.